The van der Waals surface area contributed by atoms with Crippen molar-refractivity contribution in [3.05, 3.63) is 29.8 Å². The van der Waals surface area contributed by atoms with Crippen molar-refractivity contribution in [1.82, 2.24) is 4.90 Å². The number of nitrogens with zero attached hydrogens (tertiary/aromatic N) is 2. The van der Waals surface area contributed by atoms with Crippen LogP contribution in [0.2, 0.25) is 0 Å². The van der Waals surface area contributed by atoms with Crippen LogP contribution in [0.5, 0.6) is 0 Å². The first-order chi connectivity index (χ1) is 8.79. The van der Waals surface area contributed by atoms with E-state index in [4.69, 9.17) is 0 Å². The number of rotatable bonds is 5. The van der Waals surface area contributed by atoms with Gasteiger partial charge in [0.05, 0.1) is 0 Å². The minimum Gasteiger partial charge on any atom is -0.371 e. The largest absolute Gasteiger partial charge is 0.371 e. The fourth-order valence-corrected chi connectivity index (χ4v) is 2.67. The van der Waals surface area contributed by atoms with Crippen LogP contribution >= 0.6 is 0 Å². The number of hydrogen-bond acceptors (Lipinski definition) is 2. The Morgan fingerprint density at radius 1 is 1.06 bits per heavy atom. The molecule has 1 aliphatic heterocycles. The summed E-state index contributed by atoms with van der Waals surface area (Å²) in [5.41, 5.74) is 2.70. The molecule has 0 radical (unpaired) electrons. The molecule has 1 aliphatic rings. The third-order valence-corrected chi connectivity index (χ3v) is 3.92. The highest BCUT2D eigenvalue weighted by atomic mass is 15.2. The number of likely N-dealkylation sites (tertiary alicyclic amines) is 1. The first-order valence-electron chi connectivity index (χ1n) is 7.33. The second kappa shape index (κ2) is 6.79. The summed E-state index contributed by atoms with van der Waals surface area (Å²) in [6.45, 7) is 10.4. The van der Waals surface area contributed by atoms with Crippen molar-refractivity contribution in [3.8, 4) is 0 Å². The van der Waals surface area contributed by atoms with Gasteiger partial charge in [0.1, 0.15) is 0 Å². The van der Waals surface area contributed by atoms with Gasteiger partial charge in [0.25, 0.3) is 0 Å². The molecule has 0 amide bonds. The Morgan fingerprint density at radius 2 is 1.72 bits per heavy atom. The number of benzene rings is 1. The number of likely N-dealkylation sites (N-methyl/N-ethyl adjacent to an activating group) is 1. The second-order valence-corrected chi connectivity index (χ2v) is 5.32. The van der Waals surface area contributed by atoms with Crippen molar-refractivity contribution in [2.75, 3.05) is 37.6 Å². The van der Waals surface area contributed by atoms with Gasteiger partial charge in [-0.15, -0.1) is 0 Å². The van der Waals surface area contributed by atoms with Gasteiger partial charge in [-0.2, -0.15) is 0 Å². The highest BCUT2D eigenvalue weighted by Gasteiger charge is 2.11. The van der Waals surface area contributed by atoms with Crippen LogP contribution in [0.4, 0.5) is 5.69 Å². The Kier molecular flexibility index (Phi) is 5.06. The molecular weight excluding hydrogens is 220 g/mol. The molecule has 0 spiro atoms. The molecule has 0 atom stereocenters. The van der Waals surface area contributed by atoms with E-state index >= 15 is 0 Å². The summed E-state index contributed by atoms with van der Waals surface area (Å²) < 4.78 is 0. The van der Waals surface area contributed by atoms with Crippen LogP contribution in [0.25, 0.3) is 0 Å². The quantitative estimate of drug-likeness (QED) is 0.786. The highest BCUT2D eigenvalue weighted by molar-refractivity contribution is 5.47. The number of piperidine rings is 1. The molecule has 0 aliphatic carbocycles. The number of anilines is 1. The predicted octanol–water partition coefficient (Wildman–Crippen LogP) is 3.31. The fraction of sp³-hybridized carbons (Fsp3) is 0.625. The summed E-state index contributed by atoms with van der Waals surface area (Å²) in [7, 11) is 0. The normalized spacial score (nSPS) is 16.8. The van der Waals surface area contributed by atoms with E-state index in [0.717, 1.165) is 13.1 Å². The van der Waals surface area contributed by atoms with Gasteiger partial charge in [0.2, 0.25) is 0 Å². The third-order valence-electron chi connectivity index (χ3n) is 3.92. The monoisotopic (exact) mass is 246 g/mol. The van der Waals surface area contributed by atoms with Crippen molar-refractivity contribution in [3.63, 3.8) is 0 Å². The van der Waals surface area contributed by atoms with Crippen molar-refractivity contribution < 1.29 is 0 Å². The van der Waals surface area contributed by atoms with E-state index in [-0.39, 0.29) is 0 Å². The second-order valence-electron chi connectivity index (χ2n) is 5.32. The standard InChI is InChI=1S/C16H26N2/c1-3-18(16-9-7-15(2)8-10-16)14-13-17-11-5-4-6-12-17/h7-10H,3-6,11-14H2,1-2H3. The zero-order valence-electron chi connectivity index (χ0n) is 11.9. The molecule has 0 unspecified atom stereocenters. The van der Waals surface area contributed by atoms with Gasteiger partial charge in [-0.3, -0.25) is 0 Å². The molecule has 2 rings (SSSR count). The van der Waals surface area contributed by atoms with Crippen LogP contribution < -0.4 is 4.90 Å². The molecule has 1 fully saturated rings. The molecule has 0 N–H and O–H groups in total. The van der Waals surface area contributed by atoms with E-state index in [1.165, 1.54) is 50.1 Å². The zero-order chi connectivity index (χ0) is 12.8. The molecule has 18 heavy (non-hydrogen) atoms. The highest BCUT2D eigenvalue weighted by Crippen LogP contribution is 2.15. The summed E-state index contributed by atoms with van der Waals surface area (Å²) in [6, 6.07) is 8.90. The van der Waals surface area contributed by atoms with Gasteiger partial charge >= 0.3 is 0 Å². The van der Waals surface area contributed by atoms with E-state index in [9.17, 15) is 0 Å². The van der Waals surface area contributed by atoms with Gasteiger partial charge < -0.3 is 9.80 Å². The molecule has 0 aromatic heterocycles. The SMILES string of the molecule is CCN(CCN1CCCCC1)c1ccc(C)cc1. The van der Waals surface area contributed by atoms with Crippen molar-refractivity contribution in [2.45, 2.75) is 33.1 Å². The molecule has 0 saturated carbocycles. The van der Waals surface area contributed by atoms with Crippen LogP contribution in [-0.4, -0.2) is 37.6 Å². The summed E-state index contributed by atoms with van der Waals surface area (Å²) in [5.74, 6) is 0. The molecule has 100 valence electrons. The molecule has 2 nitrogen and oxygen atoms in total. The maximum atomic E-state index is 2.61. The summed E-state index contributed by atoms with van der Waals surface area (Å²) >= 11 is 0. The van der Waals surface area contributed by atoms with Gasteiger partial charge in [-0.1, -0.05) is 24.1 Å². The average Bonchev–Trinajstić information content (AvgIpc) is 2.42. The smallest absolute Gasteiger partial charge is 0.0366 e. The van der Waals surface area contributed by atoms with Crippen LogP contribution in [0.1, 0.15) is 31.7 Å². The summed E-state index contributed by atoms with van der Waals surface area (Å²) in [4.78, 5) is 5.09. The fourth-order valence-electron chi connectivity index (χ4n) is 2.67. The molecule has 2 heteroatoms. The van der Waals surface area contributed by atoms with Crippen LogP contribution in [0.3, 0.4) is 0 Å². The molecule has 0 bridgehead atoms. The summed E-state index contributed by atoms with van der Waals surface area (Å²) in [6.07, 6.45) is 4.19. The number of aryl methyl sites for hydroxylation is 1. The van der Waals surface area contributed by atoms with Crippen LogP contribution in [-0.2, 0) is 0 Å². The maximum Gasteiger partial charge on any atom is 0.0366 e. The minimum absolute atomic E-state index is 1.09. The Morgan fingerprint density at radius 3 is 2.33 bits per heavy atom. The lowest BCUT2D eigenvalue weighted by atomic mass is 10.1. The predicted molar refractivity (Wildman–Crippen MR) is 79.4 cm³/mol. The van der Waals surface area contributed by atoms with E-state index in [0.29, 0.717) is 0 Å². The lowest BCUT2D eigenvalue weighted by Gasteiger charge is -2.30. The van der Waals surface area contributed by atoms with Crippen molar-refractivity contribution >= 4 is 5.69 Å². The Hall–Kier alpha value is -1.02. The lowest BCUT2D eigenvalue weighted by molar-refractivity contribution is 0.233. The summed E-state index contributed by atoms with van der Waals surface area (Å²) in [5, 5.41) is 0. The molecule has 1 aromatic rings. The molecule has 1 aromatic carbocycles. The Labute approximate surface area is 112 Å². The van der Waals surface area contributed by atoms with Crippen LogP contribution in [0, 0.1) is 6.92 Å². The maximum absolute atomic E-state index is 2.61. The van der Waals surface area contributed by atoms with Gasteiger partial charge in [0.15, 0.2) is 0 Å². The average molecular weight is 246 g/mol. The Balaban J connectivity index is 1.86. The minimum atomic E-state index is 1.09. The molecular formula is C16H26N2. The topological polar surface area (TPSA) is 6.48 Å². The molecule has 1 saturated heterocycles. The first kappa shape index (κ1) is 13.4. The first-order valence-corrected chi connectivity index (χ1v) is 7.33. The van der Waals surface area contributed by atoms with E-state index < -0.39 is 0 Å². The van der Waals surface area contributed by atoms with E-state index in [2.05, 4.69) is 47.9 Å². The number of hydrogen-bond donors (Lipinski definition) is 0. The lowest BCUT2D eigenvalue weighted by Crippen LogP contribution is -2.37. The Bertz CT molecular complexity index is 339. The zero-order valence-corrected chi connectivity index (χ0v) is 11.9. The van der Waals surface area contributed by atoms with Crippen LogP contribution in [0.15, 0.2) is 24.3 Å². The van der Waals surface area contributed by atoms with Gasteiger partial charge in [-0.25, -0.2) is 0 Å². The molecule has 1 heterocycles. The van der Waals surface area contributed by atoms with E-state index in [1.807, 2.05) is 0 Å². The van der Waals surface area contributed by atoms with Gasteiger partial charge in [0, 0.05) is 25.3 Å². The van der Waals surface area contributed by atoms with Crippen molar-refractivity contribution in [2.24, 2.45) is 0 Å². The van der Waals surface area contributed by atoms with Crippen molar-refractivity contribution in [1.29, 1.82) is 0 Å². The van der Waals surface area contributed by atoms with Gasteiger partial charge in [-0.05, 0) is 51.9 Å². The van der Waals surface area contributed by atoms with E-state index in [1.54, 1.807) is 0 Å². The third kappa shape index (κ3) is 3.74.